The maximum atomic E-state index is 13.2. The van der Waals surface area contributed by atoms with E-state index >= 15 is 0 Å². The Morgan fingerprint density at radius 3 is 2.68 bits per heavy atom. The lowest BCUT2D eigenvalue weighted by Crippen LogP contribution is -2.48. The number of hydrogen-bond donors (Lipinski definition) is 0. The van der Waals surface area contributed by atoms with Gasteiger partial charge in [0.1, 0.15) is 0 Å². The number of likely N-dealkylation sites (tertiary alicyclic amines) is 1. The summed E-state index contributed by atoms with van der Waals surface area (Å²) in [5, 5.41) is 0. The van der Waals surface area contributed by atoms with E-state index in [0.29, 0.717) is 5.91 Å². The lowest BCUT2D eigenvalue weighted by molar-refractivity contribution is -0.148. The van der Waals surface area contributed by atoms with Gasteiger partial charge in [0, 0.05) is 13.1 Å². The van der Waals surface area contributed by atoms with Crippen molar-refractivity contribution in [1.82, 2.24) is 4.90 Å². The topological polar surface area (TPSA) is 20.3 Å². The van der Waals surface area contributed by atoms with Crippen LogP contribution in [-0.2, 0) is 11.3 Å². The second kappa shape index (κ2) is 6.68. The molecule has 1 aliphatic heterocycles. The normalized spacial score (nSPS) is 28.9. The zero-order valence-corrected chi connectivity index (χ0v) is 13.7. The molecule has 1 atom stereocenters. The number of rotatable bonds is 2. The van der Waals surface area contributed by atoms with Gasteiger partial charge in [-0.3, -0.25) is 4.79 Å². The van der Waals surface area contributed by atoms with E-state index in [2.05, 4.69) is 42.2 Å². The number of benzene rings is 1. The Labute approximate surface area is 134 Å². The highest BCUT2D eigenvalue weighted by atomic mass is 16.2. The van der Waals surface area contributed by atoms with Crippen LogP contribution >= 0.6 is 0 Å². The fourth-order valence-electron chi connectivity index (χ4n) is 4.15. The highest BCUT2D eigenvalue weighted by molar-refractivity contribution is 5.83. The second-order valence-electron chi connectivity index (χ2n) is 7.07. The molecule has 1 spiro atoms. The maximum Gasteiger partial charge on any atom is 0.229 e. The molecule has 1 unspecified atom stereocenters. The summed E-state index contributed by atoms with van der Waals surface area (Å²) in [6.07, 6.45) is 10.2. The molecule has 0 saturated carbocycles. The van der Waals surface area contributed by atoms with E-state index in [4.69, 9.17) is 0 Å². The van der Waals surface area contributed by atoms with Crippen molar-refractivity contribution < 1.29 is 4.79 Å². The van der Waals surface area contributed by atoms with E-state index in [1.54, 1.807) is 0 Å². The first-order chi connectivity index (χ1) is 10.7. The van der Waals surface area contributed by atoms with Crippen LogP contribution in [-0.4, -0.2) is 17.4 Å². The quantitative estimate of drug-likeness (QED) is 0.724. The van der Waals surface area contributed by atoms with Gasteiger partial charge in [-0.1, -0.05) is 48.4 Å². The third kappa shape index (κ3) is 3.26. The van der Waals surface area contributed by atoms with Gasteiger partial charge in [-0.05, 0) is 51.0 Å². The van der Waals surface area contributed by atoms with Crippen molar-refractivity contribution in [3.63, 3.8) is 0 Å². The molecule has 1 heterocycles. The average Bonchev–Trinajstić information content (AvgIpc) is 2.50. The minimum absolute atomic E-state index is 0.117. The molecule has 22 heavy (non-hydrogen) atoms. The maximum absolute atomic E-state index is 13.2. The van der Waals surface area contributed by atoms with Crippen LogP contribution < -0.4 is 0 Å². The van der Waals surface area contributed by atoms with E-state index in [1.807, 2.05) is 6.07 Å². The van der Waals surface area contributed by atoms with Crippen LogP contribution in [0.2, 0.25) is 0 Å². The molecule has 0 radical (unpaired) electrons. The largest absolute Gasteiger partial charge is 0.338 e. The van der Waals surface area contributed by atoms with Crippen LogP contribution in [0.5, 0.6) is 0 Å². The van der Waals surface area contributed by atoms with Crippen LogP contribution in [0.3, 0.4) is 0 Å². The number of carbonyl (C=O) groups is 1. The van der Waals surface area contributed by atoms with Gasteiger partial charge in [-0.2, -0.15) is 0 Å². The molecular weight excluding hydrogens is 270 g/mol. The average molecular weight is 297 g/mol. The van der Waals surface area contributed by atoms with Crippen molar-refractivity contribution in [1.29, 1.82) is 0 Å². The van der Waals surface area contributed by atoms with E-state index in [0.717, 1.165) is 38.8 Å². The first-order valence-electron chi connectivity index (χ1n) is 8.69. The van der Waals surface area contributed by atoms with E-state index in [9.17, 15) is 4.79 Å². The lowest BCUT2D eigenvalue weighted by atomic mass is 9.70. The van der Waals surface area contributed by atoms with Crippen molar-refractivity contribution in [2.45, 2.75) is 58.4 Å². The van der Waals surface area contributed by atoms with Crippen LogP contribution in [0.4, 0.5) is 0 Å². The molecule has 1 aromatic carbocycles. The molecule has 0 aromatic heterocycles. The Balaban J connectivity index is 1.79. The smallest absolute Gasteiger partial charge is 0.229 e. The number of hydrogen-bond acceptors (Lipinski definition) is 1. The molecule has 1 amide bonds. The summed E-state index contributed by atoms with van der Waals surface area (Å²) in [7, 11) is 0. The molecule has 1 aromatic rings. The van der Waals surface area contributed by atoms with Gasteiger partial charge in [0.2, 0.25) is 5.91 Å². The fourth-order valence-corrected chi connectivity index (χ4v) is 4.15. The van der Waals surface area contributed by atoms with E-state index in [-0.39, 0.29) is 5.41 Å². The first-order valence-corrected chi connectivity index (χ1v) is 8.69. The second-order valence-corrected chi connectivity index (χ2v) is 7.07. The lowest BCUT2D eigenvalue weighted by Gasteiger charge is -2.43. The molecule has 1 aliphatic carbocycles. The van der Waals surface area contributed by atoms with E-state index < -0.39 is 0 Å². The molecule has 0 N–H and O–H groups in total. The van der Waals surface area contributed by atoms with Crippen molar-refractivity contribution in [2.75, 3.05) is 6.54 Å². The molecule has 2 nitrogen and oxygen atoms in total. The van der Waals surface area contributed by atoms with Crippen molar-refractivity contribution in [3.05, 3.63) is 47.5 Å². The van der Waals surface area contributed by atoms with Crippen molar-refractivity contribution >= 4 is 5.91 Å². The Morgan fingerprint density at radius 2 is 1.86 bits per heavy atom. The molecule has 3 rings (SSSR count). The third-order valence-corrected chi connectivity index (χ3v) is 5.26. The minimum Gasteiger partial charge on any atom is -0.338 e. The highest BCUT2D eigenvalue weighted by Gasteiger charge is 2.43. The summed E-state index contributed by atoms with van der Waals surface area (Å²) in [6.45, 7) is 3.89. The number of piperidine rings is 1. The molecule has 118 valence electrons. The van der Waals surface area contributed by atoms with Gasteiger partial charge in [0.05, 0.1) is 5.41 Å². The standard InChI is InChI=1S/C20H27NO/c1-17-9-4-3-7-12-20(15-17)13-8-14-21(19(20)22)16-18-10-5-2-6-11-18/h2,5-6,9-11H,3-4,7-8,12-16H2,1H3/b17-9-. The summed E-state index contributed by atoms with van der Waals surface area (Å²) in [5.41, 5.74) is 2.54. The molecule has 2 aliphatic rings. The highest BCUT2D eigenvalue weighted by Crippen LogP contribution is 2.43. The molecule has 1 fully saturated rings. The minimum atomic E-state index is -0.117. The predicted octanol–water partition coefficient (Wildman–Crippen LogP) is 4.71. The summed E-state index contributed by atoms with van der Waals surface area (Å²) in [6, 6.07) is 10.4. The van der Waals surface area contributed by atoms with E-state index in [1.165, 1.54) is 30.4 Å². The SMILES string of the molecule is C/C1=C/CCCCC2(CCCN(Cc3ccccc3)C2=O)C1. The number of allylic oxidation sites excluding steroid dienone is 2. The molecule has 0 bridgehead atoms. The van der Waals surface area contributed by atoms with Crippen LogP contribution in [0.15, 0.2) is 42.0 Å². The monoisotopic (exact) mass is 297 g/mol. The zero-order chi connectivity index (χ0) is 15.4. The molecule has 2 heteroatoms. The number of amides is 1. The van der Waals surface area contributed by atoms with Crippen molar-refractivity contribution in [3.8, 4) is 0 Å². The van der Waals surface area contributed by atoms with Crippen LogP contribution in [0.25, 0.3) is 0 Å². The summed E-state index contributed by atoms with van der Waals surface area (Å²) < 4.78 is 0. The van der Waals surface area contributed by atoms with Gasteiger partial charge in [-0.25, -0.2) is 0 Å². The Bertz CT molecular complexity index is 548. The van der Waals surface area contributed by atoms with Gasteiger partial charge < -0.3 is 4.90 Å². The summed E-state index contributed by atoms with van der Waals surface area (Å²) in [5.74, 6) is 0.400. The van der Waals surface area contributed by atoms with Gasteiger partial charge in [0.15, 0.2) is 0 Å². The third-order valence-electron chi connectivity index (χ3n) is 5.26. The zero-order valence-electron chi connectivity index (χ0n) is 13.7. The molecule has 1 saturated heterocycles. The van der Waals surface area contributed by atoms with Crippen LogP contribution in [0.1, 0.15) is 57.4 Å². The Kier molecular flexibility index (Phi) is 4.66. The number of nitrogens with zero attached hydrogens (tertiary/aromatic N) is 1. The Morgan fingerprint density at radius 1 is 1.09 bits per heavy atom. The molecular formula is C20H27NO. The van der Waals surface area contributed by atoms with Gasteiger partial charge in [0.25, 0.3) is 0 Å². The summed E-state index contributed by atoms with van der Waals surface area (Å²) in [4.78, 5) is 15.3. The predicted molar refractivity (Wildman–Crippen MR) is 90.4 cm³/mol. The van der Waals surface area contributed by atoms with Gasteiger partial charge >= 0.3 is 0 Å². The Hall–Kier alpha value is -1.57. The fraction of sp³-hybridized carbons (Fsp3) is 0.550. The summed E-state index contributed by atoms with van der Waals surface area (Å²) >= 11 is 0. The first kappa shape index (κ1) is 15.3. The van der Waals surface area contributed by atoms with Crippen LogP contribution in [0, 0.1) is 5.41 Å². The number of carbonyl (C=O) groups excluding carboxylic acids is 1. The van der Waals surface area contributed by atoms with Crippen molar-refractivity contribution in [2.24, 2.45) is 5.41 Å². The van der Waals surface area contributed by atoms with Gasteiger partial charge in [-0.15, -0.1) is 0 Å².